The molecular formula is C13H27N3O2. The second kappa shape index (κ2) is 8.45. The predicted octanol–water partition coefficient (Wildman–Crippen LogP) is -0.241. The maximum absolute atomic E-state index is 11.7. The van der Waals surface area contributed by atoms with E-state index in [4.69, 9.17) is 5.11 Å². The highest BCUT2D eigenvalue weighted by atomic mass is 16.3. The average Bonchev–Trinajstić information content (AvgIpc) is 2.31. The molecule has 0 aromatic heterocycles. The van der Waals surface area contributed by atoms with Gasteiger partial charge >= 0.3 is 0 Å². The Bertz CT molecular complexity index is 238. The van der Waals surface area contributed by atoms with E-state index in [2.05, 4.69) is 29.0 Å². The molecule has 0 spiro atoms. The van der Waals surface area contributed by atoms with Crippen LogP contribution < -0.4 is 5.32 Å². The fourth-order valence-electron chi connectivity index (χ4n) is 2.07. The van der Waals surface area contributed by atoms with Gasteiger partial charge in [0.2, 0.25) is 5.91 Å². The predicted molar refractivity (Wildman–Crippen MR) is 72.4 cm³/mol. The van der Waals surface area contributed by atoms with Crippen molar-refractivity contribution in [3.8, 4) is 0 Å². The van der Waals surface area contributed by atoms with E-state index in [1.165, 1.54) is 0 Å². The highest BCUT2D eigenvalue weighted by molar-refractivity contribution is 5.77. The summed E-state index contributed by atoms with van der Waals surface area (Å²) >= 11 is 0. The summed E-state index contributed by atoms with van der Waals surface area (Å²) in [5.74, 6) is 0.763. The third-order valence-electron chi connectivity index (χ3n) is 3.29. The highest BCUT2D eigenvalue weighted by Crippen LogP contribution is 2.01. The number of piperazine rings is 1. The van der Waals surface area contributed by atoms with Crippen molar-refractivity contribution in [1.82, 2.24) is 15.1 Å². The monoisotopic (exact) mass is 257 g/mol. The molecule has 1 fully saturated rings. The lowest BCUT2D eigenvalue weighted by Crippen LogP contribution is -2.50. The van der Waals surface area contributed by atoms with Gasteiger partial charge in [-0.3, -0.25) is 14.6 Å². The van der Waals surface area contributed by atoms with Crippen molar-refractivity contribution < 1.29 is 9.90 Å². The smallest absolute Gasteiger partial charge is 0.234 e. The molecule has 5 nitrogen and oxygen atoms in total. The van der Waals surface area contributed by atoms with Crippen LogP contribution in [0.25, 0.3) is 0 Å². The molecule has 0 bridgehead atoms. The molecule has 1 aliphatic heterocycles. The van der Waals surface area contributed by atoms with Crippen LogP contribution in [0.3, 0.4) is 0 Å². The van der Waals surface area contributed by atoms with Crippen molar-refractivity contribution in [3.05, 3.63) is 0 Å². The molecule has 0 atom stereocenters. The quantitative estimate of drug-likeness (QED) is 0.661. The number of hydrogen-bond donors (Lipinski definition) is 2. The van der Waals surface area contributed by atoms with Crippen LogP contribution in [0.1, 0.15) is 20.3 Å². The Balaban J connectivity index is 2.10. The Hall–Kier alpha value is -0.650. The molecule has 1 aliphatic rings. The lowest BCUT2D eigenvalue weighted by molar-refractivity contribution is -0.122. The molecule has 0 radical (unpaired) electrons. The van der Waals surface area contributed by atoms with E-state index < -0.39 is 0 Å². The second-order valence-corrected chi connectivity index (χ2v) is 5.37. The molecule has 18 heavy (non-hydrogen) atoms. The zero-order valence-corrected chi connectivity index (χ0v) is 11.7. The Morgan fingerprint density at radius 2 is 1.83 bits per heavy atom. The second-order valence-electron chi connectivity index (χ2n) is 5.37. The number of aliphatic hydroxyl groups excluding tert-OH is 1. The van der Waals surface area contributed by atoms with Gasteiger partial charge in [0.15, 0.2) is 0 Å². The first kappa shape index (κ1) is 15.4. The lowest BCUT2D eigenvalue weighted by atomic mass is 10.1. The van der Waals surface area contributed by atoms with Gasteiger partial charge in [-0.05, 0) is 12.3 Å². The number of hydrogen-bond acceptors (Lipinski definition) is 4. The summed E-state index contributed by atoms with van der Waals surface area (Å²) in [7, 11) is 0. The summed E-state index contributed by atoms with van der Waals surface area (Å²) in [6.07, 6.45) is 1.04. The summed E-state index contributed by atoms with van der Waals surface area (Å²) < 4.78 is 0. The van der Waals surface area contributed by atoms with Crippen LogP contribution in [0.15, 0.2) is 0 Å². The summed E-state index contributed by atoms with van der Waals surface area (Å²) in [6, 6.07) is 0. The van der Waals surface area contributed by atoms with Gasteiger partial charge in [-0.1, -0.05) is 13.8 Å². The van der Waals surface area contributed by atoms with Crippen molar-refractivity contribution >= 4 is 5.91 Å². The number of rotatable bonds is 7. The molecule has 0 unspecified atom stereocenters. The number of carbonyl (C=O) groups excluding carboxylic acids is 1. The number of aliphatic hydroxyl groups is 1. The Morgan fingerprint density at radius 3 is 2.39 bits per heavy atom. The van der Waals surface area contributed by atoms with E-state index in [1.54, 1.807) is 0 Å². The molecule has 1 heterocycles. The Labute approximate surface area is 110 Å². The minimum atomic E-state index is 0.131. The number of nitrogens with one attached hydrogen (secondary N) is 1. The van der Waals surface area contributed by atoms with Crippen LogP contribution in [0.4, 0.5) is 0 Å². The minimum absolute atomic E-state index is 0.131. The fraction of sp³-hybridized carbons (Fsp3) is 0.923. The first-order valence-electron chi connectivity index (χ1n) is 6.94. The molecule has 0 aromatic rings. The highest BCUT2D eigenvalue weighted by Gasteiger charge is 2.18. The molecule has 2 N–H and O–H groups in total. The molecule has 1 rings (SSSR count). The molecule has 1 amide bonds. The van der Waals surface area contributed by atoms with Gasteiger partial charge in [0.05, 0.1) is 13.2 Å². The summed E-state index contributed by atoms with van der Waals surface area (Å²) in [4.78, 5) is 16.1. The van der Waals surface area contributed by atoms with E-state index in [1.807, 2.05) is 0 Å². The molecule has 0 aromatic carbocycles. The fourth-order valence-corrected chi connectivity index (χ4v) is 2.07. The molecule has 0 aliphatic carbocycles. The maximum Gasteiger partial charge on any atom is 0.234 e. The van der Waals surface area contributed by atoms with Crippen LogP contribution >= 0.6 is 0 Å². The standard InChI is InChI=1S/C13H27N3O2/c1-12(2)3-4-14-13(18)11-16-7-5-15(6-8-16)9-10-17/h12,17H,3-11H2,1-2H3,(H,14,18). The molecule has 106 valence electrons. The number of carbonyl (C=O) groups is 1. The van der Waals surface area contributed by atoms with Crippen molar-refractivity contribution in [2.24, 2.45) is 5.92 Å². The van der Waals surface area contributed by atoms with Crippen molar-refractivity contribution in [2.45, 2.75) is 20.3 Å². The van der Waals surface area contributed by atoms with Crippen LogP contribution in [0, 0.1) is 5.92 Å². The van der Waals surface area contributed by atoms with Gasteiger partial charge in [0, 0.05) is 39.3 Å². The SMILES string of the molecule is CC(C)CCNC(=O)CN1CCN(CCO)CC1. The van der Waals surface area contributed by atoms with Crippen LogP contribution in [-0.2, 0) is 4.79 Å². The summed E-state index contributed by atoms with van der Waals surface area (Å²) in [6.45, 7) is 10.3. The van der Waals surface area contributed by atoms with Gasteiger partial charge in [-0.15, -0.1) is 0 Å². The topological polar surface area (TPSA) is 55.8 Å². The van der Waals surface area contributed by atoms with E-state index in [9.17, 15) is 4.79 Å². The third-order valence-corrected chi connectivity index (χ3v) is 3.29. The first-order chi connectivity index (χ1) is 8.61. The Morgan fingerprint density at radius 1 is 1.22 bits per heavy atom. The van der Waals surface area contributed by atoms with Gasteiger partial charge in [0.25, 0.3) is 0 Å². The Kier molecular flexibility index (Phi) is 7.23. The van der Waals surface area contributed by atoms with Crippen molar-refractivity contribution in [2.75, 3.05) is 52.4 Å². The van der Waals surface area contributed by atoms with Crippen LogP contribution in [-0.4, -0.2) is 73.2 Å². The van der Waals surface area contributed by atoms with Gasteiger partial charge < -0.3 is 10.4 Å². The number of nitrogens with zero attached hydrogens (tertiary/aromatic N) is 2. The first-order valence-corrected chi connectivity index (χ1v) is 6.94. The average molecular weight is 257 g/mol. The lowest BCUT2D eigenvalue weighted by Gasteiger charge is -2.33. The number of amides is 1. The zero-order chi connectivity index (χ0) is 13.4. The van der Waals surface area contributed by atoms with Crippen LogP contribution in [0.5, 0.6) is 0 Å². The van der Waals surface area contributed by atoms with Gasteiger partial charge in [-0.2, -0.15) is 0 Å². The van der Waals surface area contributed by atoms with Crippen molar-refractivity contribution in [1.29, 1.82) is 0 Å². The number of β-amino-alcohol motifs (C(OH)–C–C–N with tert-alkyl or cyclic N) is 1. The molecular weight excluding hydrogens is 230 g/mol. The van der Waals surface area contributed by atoms with Gasteiger partial charge in [-0.25, -0.2) is 0 Å². The van der Waals surface area contributed by atoms with E-state index in [0.717, 1.165) is 45.7 Å². The third kappa shape index (κ3) is 6.33. The molecule has 5 heteroatoms. The van der Waals surface area contributed by atoms with E-state index in [-0.39, 0.29) is 12.5 Å². The minimum Gasteiger partial charge on any atom is -0.395 e. The molecule has 0 saturated carbocycles. The van der Waals surface area contributed by atoms with Crippen LogP contribution in [0.2, 0.25) is 0 Å². The maximum atomic E-state index is 11.7. The largest absolute Gasteiger partial charge is 0.395 e. The zero-order valence-electron chi connectivity index (χ0n) is 11.7. The van der Waals surface area contributed by atoms with E-state index >= 15 is 0 Å². The molecule has 1 saturated heterocycles. The summed E-state index contributed by atoms with van der Waals surface area (Å²) in [5.41, 5.74) is 0. The van der Waals surface area contributed by atoms with Crippen molar-refractivity contribution in [3.63, 3.8) is 0 Å². The normalized spacial score (nSPS) is 18.2. The van der Waals surface area contributed by atoms with Gasteiger partial charge in [0.1, 0.15) is 0 Å². The summed E-state index contributed by atoms with van der Waals surface area (Å²) in [5, 5.41) is 11.8. The van der Waals surface area contributed by atoms with E-state index in [0.29, 0.717) is 12.5 Å².